The maximum atomic E-state index is 10.5. The summed E-state index contributed by atoms with van der Waals surface area (Å²) in [5.74, 6) is -1.12. The first-order chi connectivity index (χ1) is 5.07. The molecule has 0 radical (unpaired) electrons. The van der Waals surface area contributed by atoms with Crippen molar-refractivity contribution in [2.75, 3.05) is 6.54 Å². The predicted octanol–water partition coefficient (Wildman–Crippen LogP) is 0.0573. The van der Waals surface area contributed by atoms with Gasteiger partial charge in [-0.2, -0.15) is 0 Å². The molecule has 0 bridgehead atoms. The van der Waals surface area contributed by atoms with Gasteiger partial charge in [-0.15, -0.1) is 0 Å². The van der Waals surface area contributed by atoms with Crippen LogP contribution in [0, 0.1) is 16.0 Å². The zero-order valence-electron chi connectivity index (χ0n) is 6.15. The van der Waals surface area contributed by atoms with Crippen LogP contribution in [0.3, 0.4) is 0 Å². The second-order valence-electron chi connectivity index (χ2n) is 2.20. The third-order valence-electron chi connectivity index (χ3n) is 1.31. The molecule has 0 amide bonds. The van der Waals surface area contributed by atoms with Gasteiger partial charge in [0.2, 0.25) is 6.54 Å². The van der Waals surface area contributed by atoms with Gasteiger partial charge in [0.15, 0.2) is 0 Å². The zero-order chi connectivity index (χ0) is 8.85. The second kappa shape index (κ2) is 4.54. The van der Waals surface area contributed by atoms with Crippen molar-refractivity contribution >= 4 is 12.1 Å². The smallest absolute Gasteiger partial charge is 0.205 e. The molecule has 5 heteroatoms. The highest BCUT2D eigenvalue weighted by molar-refractivity contribution is 5.91. The summed E-state index contributed by atoms with van der Waals surface area (Å²) in [6, 6.07) is 0. The number of rotatable bonds is 5. The Morgan fingerprint density at radius 2 is 2.27 bits per heavy atom. The number of carbonyl (C=O) groups excluding carboxylic acids is 2. The van der Waals surface area contributed by atoms with Crippen LogP contribution in [-0.2, 0) is 9.59 Å². The number of aldehydes is 1. The van der Waals surface area contributed by atoms with Crippen LogP contribution in [-0.4, -0.2) is 23.5 Å². The zero-order valence-corrected chi connectivity index (χ0v) is 6.15. The van der Waals surface area contributed by atoms with E-state index in [0.29, 0.717) is 6.29 Å². The highest BCUT2D eigenvalue weighted by atomic mass is 16.6. The van der Waals surface area contributed by atoms with Crippen molar-refractivity contribution in [1.82, 2.24) is 0 Å². The molecule has 0 aliphatic heterocycles. The topological polar surface area (TPSA) is 77.3 Å². The van der Waals surface area contributed by atoms with Gasteiger partial charge in [0.1, 0.15) is 12.1 Å². The molecule has 0 spiro atoms. The number of ketones is 1. The maximum absolute atomic E-state index is 10.5. The summed E-state index contributed by atoms with van der Waals surface area (Å²) < 4.78 is 0. The van der Waals surface area contributed by atoms with E-state index in [1.807, 2.05) is 0 Å². The Morgan fingerprint density at radius 3 is 2.55 bits per heavy atom. The van der Waals surface area contributed by atoms with Crippen molar-refractivity contribution in [2.24, 2.45) is 5.92 Å². The molecule has 0 aromatic heterocycles. The molecule has 0 aliphatic rings. The van der Waals surface area contributed by atoms with Gasteiger partial charge in [0, 0.05) is 11.3 Å². The number of nitrogens with zero attached hydrogens (tertiary/aromatic N) is 1. The lowest BCUT2D eigenvalue weighted by molar-refractivity contribution is -0.480. The Morgan fingerprint density at radius 1 is 1.73 bits per heavy atom. The van der Waals surface area contributed by atoms with Crippen LogP contribution in [0.2, 0.25) is 0 Å². The Hall–Kier alpha value is -1.26. The van der Waals surface area contributed by atoms with E-state index in [-0.39, 0.29) is 18.7 Å². The van der Waals surface area contributed by atoms with Crippen molar-refractivity contribution < 1.29 is 14.5 Å². The van der Waals surface area contributed by atoms with Crippen molar-refractivity contribution in [1.29, 1.82) is 0 Å². The molecule has 0 aromatic carbocycles. The normalized spacial score (nSPS) is 12.1. The average Bonchev–Trinajstić information content (AvgIpc) is 1.87. The van der Waals surface area contributed by atoms with Crippen LogP contribution in [0.25, 0.3) is 0 Å². The fraction of sp³-hybridized carbons (Fsp3) is 0.667. The van der Waals surface area contributed by atoms with Crippen molar-refractivity contribution in [3.8, 4) is 0 Å². The third kappa shape index (κ3) is 4.19. The van der Waals surface area contributed by atoms with E-state index in [1.54, 1.807) is 0 Å². The lowest BCUT2D eigenvalue weighted by Gasteiger charge is -2.00. The van der Waals surface area contributed by atoms with E-state index >= 15 is 0 Å². The van der Waals surface area contributed by atoms with E-state index in [9.17, 15) is 19.7 Å². The molecule has 5 nitrogen and oxygen atoms in total. The molecule has 1 atom stereocenters. The molecule has 0 heterocycles. The van der Waals surface area contributed by atoms with Crippen LogP contribution >= 0.6 is 0 Å². The van der Waals surface area contributed by atoms with Gasteiger partial charge in [0.05, 0.1) is 5.92 Å². The van der Waals surface area contributed by atoms with E-state index in [4.69, 9.17) is 0 Å². The Bertz CT molecular complexity index is 177. The van der Waals surface area contributed by atoms with Crippen LogP contribution in [0.1, 0.15) is 13.3 Å². The lowest BCUT2D eigenvalue weighted by atomic mass is 10.0. The molecule has 62 valence electrons. The first-order valence-electron chi connectivity index (χ1n) is 3.15. The highest BCUT2D eigenvalue weighted by Crippen LogP contribution is 2.00. The maximum Gasteiger partial charge on any atom is 0.205 e. The molecule has 0 aliphatic carbocycles. The summed E-state index contributed by atoms with van der Waals surface area (Å²) in [5.41, 5.74) is 0. The van der Waals surface area contributed by atoms with Gasteiger partial charge in [-0.1, -0.05) is 0 Å². The minimum atomic E-state index is -0.805. The van der Waals surface area contributed by atoms with Gasteiger partial charge in [0.25, 0.3) is 0 Å². The number of hydrogen-bond acceptors (Lipinski definition) is 4. The van der Waals surface area contributed by atoms with Gasteiger partial charge in [-0.3, -0.25) is 14.9 Å². The summed E-state index contributed by atoms with van der Waals surface area (Å²) in [4.78, 5) is 29.9. The quantitative estimate of drug-likeness (QED) is 0.246. The monoisotopic (exact) mass is 159 g/mol. The van der Waals surface area contributed by atoms with Crippen molar-refractivity contribution in [3.05, 3.63) is 10.1 Å². The number of nitro groups is 1. The van der Waals surface area contributed by atoms with Gasteiger partial charge < -0.3 is 4.79 Å². The standard InChI is InChI=1S/C6H9NO4/c1-5(9)6(4-8)2-3-7(10)11/h4,6H,2-3H2,1H3. The summed E-state index contributed by atoms with van der Waals surface area (Å²) >= 11 is 0. The summed E-state index contributed by atoms with van der Waals surface area (Å²) in [5, 5.41) is 9.82. The SMILES string of the molecule is CC(=O)C(C=O)CC[N+](=O)[O-]. The van der Waals surface area contributed by atoms with Crippen molar-refractivity contribution in [3.63, 3.8) is 0 Å². The second-order valence-corrected chi connectivity index (χ2v) is 2.20. The molecule has 0 saturated carbocycles. The Kier molecular flexibility index (Phi) is 4.02. The molecular weight excluding hydrogens is 150 g/mol. The molecule has 1 unspecified atom stereocenters. The van der Waals surface area contributed by atoms with Gasteiger partial charge in [-0.25, -0.2) is 0 Å². The molecule has 0 aromatic rings. The minimum Gasteiger partial charge on any atom is -0.303 e. The van der Waals surface area contributed by atoms with Crippen molar-refractivity contribution in [2.45, 2.75) is 13.3 Å². The molecule has 0 saturated heterocycles. The molecule has 0 N–H and O–H groups in total. The molecule has 0 rings (SSSR count). The molecule has 11 heavy (non-hydrogen) atoms. The van der Waals surface area contributed by atoms with Crippen LogP contribution in [0.5, 0.6) is 0 Å². The highest BCUT2D eigenvalue weighted by Gasteiger charge is 2.15. The summed E-state index contributed by atoms with van der Waals surface area (Å²) in [6.45, 7) is 0.919. The third-order valence-corrected chi connectivity index (χ3v) is 1.31. The first kappa shape index (κ1) is 9.74. The molecular formula is C6H9NO4. The number of carbonyl (C=O) groups is 2. The largest absolute Gasteiger partial charge is 0.303 e. The average molecular weight is 159 g/mol. The van der Waals surface area contributed by atoms with E-state index < -0.39 is 10.8 Å². The Balaban J connectivity index is 3.79. The van der Waals surface area contributed by atoms with Crippen LogP contribution in [0.15, 0.2) is 0 Å². The summed E-state index contributed by atoms with van der Waals surface area (Å²) in [7, 11) is 0. The fourth-order valence-corrected chi connectivity index (χ4v) is 0.612. The lowest BCUT2D eigenvalue weighted by Crippen LogP contribution is -2.16. The van der Waals surface area contributed by atoms with Gasteiger partial charge >= 0.3 is 0 Å². The van der Waals surface area contributed by atoms with E-state index in [2.05, 4.69) is 0 Å². The van der Waals surface area contributed by atoms with E-state index in [0.717, 1.165) is 0 Å². The minimum absolute atomic E-state index is 0.00579. The molecule has 0 fully saturated rings. The number of Topliss-reactive ketones (excluding diaryl/α,β-unsaturated/α-hetero) is 1. The van der Waals surface area contributed by atoms with Crippen LogP contribution < -0.4 is 0 Å². The van der Waals surface area contributed by atoms with Gasteiger partial charge in [-0.05, 0) is 6.92 Å². The number of hydrogen-bond donors (Lipinski definition) is 0. The van der Waals surface area contributed by atoms with Crippen LogP contribution in [0.4, 0.5) is 0 Å². The Labute approximate surface area is 63.5 Å². The predicted molar refractivity (Wildman–Crippen MR) is 36.7 cm³/mol. The van der Waals surface area contributed by atoms with E-state index in [1.165, 1.54) is 6.92 Å². The first-order valence-corrected chi connectivity index (χ1v) is 3.15. The summed E-state index contributed by atoms with van der Waals surface area (Å²) in [6.07, 6.45) is 0.456. The fourth-order valence-electron chi connectivity index (χ4n) is 0.612.